The lowest BCUT2D eigenvalue weighted by molar-refractivity contribution is -0.145. The molecule has 0 bridgehead atoms. The Bertz CT molecular complexity index is 400. The molecule has 0 aliphatic carbocycles. The minimum Gasteiger partial charge on any atom is -0.452 e. The number of ether oxygens (including phenoxy) is 1. The molecule has 0 fully saturated rings. The number of hydrogen-bond donors (Lipinski definition) is 0. The molecule has 0 N–H and O–H groups in total. The second-order valence-corrected chi connectivity index (χ2v) is 5.34. The van der Waals surface area contributed by atoms with Gasteiger partial charge in [-0.05, 0) is 52.5 Å². The molecule has 1 aliphatic rings. The van der Waals surface area contributed by atoms with Gasteiger partial charge in [-0.25, -0.2) is 4.79 Å². The van der Waals surface area contributed by atoms with Gasteiger partial charge in [0.1, 0.15) is 11.4 Å². The summed E-state index contributed by atoms with van der Waals surface area (Å²) in [7, 11) is 0. The molecular formula is C15H22O3. The molecule has 0 aromatic carbocycles. The van der Waals surface area contributed by atoms with E-state index in [1.54, 1.807) is 13.0 Å². The maximum Gasteiger partial charge on any atom is 0.331 e. The van der Waals surface area contributed by atoms with Gasteiger partial charge >= 0.3 is 5.97 Å². The second kappa shape index (κ2) is 5.98. The predicted molar refractivity (Wildman–Crippen MR) is 71.2 cm³/mol. The molecule has 1 atom stereocenters. The van der Waals surface area contributed by atoms with Crippen molar-refractivity contribution in [2.45, 2.75) is 59.0 Å². The van der Waals surface area contributed by atoms with Crippen molar-refractivity contribution in [2.75, 3.05) is 0 Å². The van der Waals surface area contributed by atoms with Gasteiger partial charge in [0.2, 0.25) is 0 Å². The van der Waals surface area contributed by atoms with E-state index in [0.717, 1.165) is 18.4 Å². The molecule has 0 saturated carbocycles. The Hall–Kier alpha value is -1.38. The molecule has 1 aliphatic heterocycles. The topological polar surface area (TPSA) is 43.4 Å². The van der Waals surface area contributed by atoms with Gasteiger partial charge in [-0.2, -0.15) is 0 Å². The standard InChI is InChI=1S/C15H22O3/c1-11(2)6-5-9-15(4)13(8-7-12(3)16)10-14(17)18-15/h6,10H,5,7-9H2,1-4H3/t15-/m1/s1. The third-order valence-corrected chi connectivity index (χ3v) is 3.22. The largest absolute Gasteiger partial charge is 0.452 e. The van der Waals surface area contributed by atoms with Crippen molar-refractivity contribution in [2.24, 2.45) is 0 Å². The molecule has 1 heterocycles. The lowest BCUT2D eigenvalue weighted by Gasteiger charge is -2.26. The number of cyclic esters (lactones) is 1. The van der Waals surface area contributed by atoms with Crippen LogP contribution in [0.1, 0.15) is 53.4 Å². The number of esters is 1. The number of hydrogen-bond acceptors (Lipinski definition) is 3. The summed E-state index contributed by atoms with van der Waals surface area (Å²) in [5.41, 5.74) is 1.68. The first-order valence-electron chi connectivity index (χ1n) is 6.40. The van der Waals surface area contributed by atoms with Gasteiger partial charge in [-0.1, -0.05) is 11.6 Å². The fourth-order valence-corrected chi connectivity index (χ4v) is 2.11. The minimum atomic E-state index is -0.529. The third-order valence-electron chi connectivity index (χ3n) is 3.22. The van der Waals surface area contributed by atoms with Crippen molar-refractivity contribution in [1.82, 2.24) is 0 Å². The molecular weight excluding hydrogens is 228 g/mol. The van der Waals surface area contributed by atoms with Gasteiger partial charge in [0.05, 0.1) is 0 Å². The van der Waals surface area contributed by atoms with E-state index in [-0.39, 0.29) is 11.8 Å². The maximum absolute atomic E-state index is 11.4. The Morgan fingerprint density at radius 2 is 2.06 bits per heavy atom. The highest BCUT2D eigenvalue weighted by Gasteiger charge is 2.37. The first kappa shape index (κ1) is 14.7. The fourth-order valence-electron chi connectivity index (χ4n) is 2.11. The van der Waals surface area contributed by atoms with E-state index in [1.165, 1.54) is 5.57 Å². The molecule has 18 heavy (non-hydrogen) atoms. The number of carbonyl (C=O) groups excluding carboxylic acids is 2. The highest BCUT2D eigenvalue weighted by Crippen LogP contribution is 2.35. The second-order valence-electron chi connectivity index (χ2n) is 5.34. The Morgan fingerprint density at radius 1 is 1.39 bits per heavy atom. The molecule has 0 aromatic rings. The fraction of sp³-hybridized carbons (Fsp3) is 0.600. The molecule has 0 saturated heterocycles. The van der Waals surface area contributed by atoms with E-state index >= 15 is 0 Å². The SMILES string of the molecule is CC(=O)CCC1=CC(=O)O[C@]1(C)CCC=C(C)C. The summed E-state index contributed by atoms with van der Waals surface area (Å²) < 4.78 is 5.40. The molecule has 0 aromatic heterocycles. The number of Topliss-reactive ketones (excluding diaryl/α,β-unsaturated/α-hetero) is 1. The zero-order valence-electron chi connectivity index (χ0n) is 11.7. The smallest absolute Gasteiger partial charge is 0.331 e. The van der Waals surface area contributed by atoms with Crippen LogP contribution in [0.5, 0.6) is 0 Å². The number of allylic oxidation sites excluding steroid dienone is 2. The Kier molecular flexibility index (Phi) is 4.88. The molecule has 0 unspecified atom stereocenters. The van der Waals surface area contributed by atoms with Gasteiger partial charge in [-0.3, -0.25) is 0 Å². The van der Waals surface area contributed by atoms with E-state index in [1.807, 2.05) is 6.92 Å². The monoisotopic (exact) mass is 250 g/mol. The van der Waals surface area contributed by atoms with Crippen molar-refractivity contribution >= 4 is 11.8 Å². The van der Waals surface area contributed by atoms with Crippen molar-refractivity contribution in [3.05, 3.63) is 23.3 Å². The van der Waals surface area contributed by atoms with Crippen LogP contribution in [-0.4, -0.2) is 17.4 Å². The molecule has 0 radical (unpaired) electrons. The van der Waals surface area contributed by atoms with Crippen LogP contribution >= 0.6 is 0 Å². The number of rotatable bonds is 6. The van der Waals surface area contributed by atoms with Crippen LogP contribution in [0.3, 0.4) is 0 Å². The van der Waals surface area contributed by atoms with Gasteiger partial charge < -0.3 is 9.53 Å². The summed E-state index contributed by atoms with van der Waals surface area (Å²) in [6.07, 6.45) is 6.43. The van der Waals surface area contributed by atoms with E-state index < -0.39 is 5.60 Å². The van der Waals surface area contributed by atoms with Gasteiger partial charge in [0.25, 0.3) is 0 Å². The van der Waals surface area contributed by atoms with E-state index in [9.17, 15) is 9.59 Å². The van der Waals surface area contributed by atoms with Crippen LogP contribution in [0, 0.1) is 0 Å². The third kappa shape index (κ3) is 4.13. The molecule has 0 amide bonds. The van der Waals surface area contributed by atoms with E-state index in [4.69, 9.17) is 4.74 Å². The van der Waals surface area contributed by atoms with Crippen LogP contribution in [0.25, 0.3) is 0 Å². The highest BCUT2D eigenvalue weighted by molar-refractivity contribution is 5.87. The van der Waals surface area contributed by atoms with E-state index in [2.05, 4.69) is 19.9 Å². The maximum atomic E-state index is 11.4. The average molecular weight is 250 g/mol. The molecule has 3 nitrogen and oxygen atoms in total. The summed E-state index contributed by atoms with van der Waals surface area (Å²) in [5.74, 6) is -0.143. The van der Waals surface area contributed by atoms with Crippen LogP contribution < -0.4 is 0 Å². The molecule has 100 valence electrons. The first-order valence-corrected chi connectivity index (χ1v) is 6.40. The Labute approximate surface area is 109 Å². The summed E-state index contributed by atoms with van der Waals surface area (Å²) in [4.78, 5) is 22.4. The van der Waals surface area contributed by atoms with Crippen LogP contribution in [-0.2, 0) is 14.3 Å². The molecule has 1 rings (SSSR count). The summed E-state index contributed by atoms with van der Waals surface area (Å²) in [6.45, 7) is 7.60. The molecule has 0 spiro atoms. The number of ketones is 1. The summed E-state index contributed by atoms with van der Waals surface area (Å²) in [6, 6.07) is 0. The normalized spacial score (nSPS) is 22.4. The Balaban J connectivity index is 2.67. The van der Waals surface area contributed by atoms with Gasteiger partial charge in [0.15, 0.2) is 0 Å². The first-order chi connectivity index (χ1) is 8.33. The molecule has 3 heteroatoms. The van der Waals surface area contributed by atoms with E-state index in [0.29, 0.717) is 12.8 Å². The van der Waals surface area contributed by atoms with Crippen LogP contribution in [0.2, 0.25) is 0 Å². The average Bonchev–Trinajstić information content (AvgIpc) is 2.50. The zero-order chi connectivity index (χ0) is 13.8. The van der Waals surface area contributed by atoms with Crippen LogP contribution in [0.15, 0.2) is 23.3 Å². The van der Waals surface area contributed by atoms with Crippen molar-refractivity contribution in [1.29, 1.82) is 0 Å². The van der Waals surface area contributed by atoms with Crippen LogP contribution in [0.4, 0.5) is 0 Å². The summed E-state index contributed by atoms with van der Waals surface area (Å²) in [5, 5.41) is 0. The quantitative estimate of drug-likeness (QED) is 0.536. The Morgan fingerprint density at radius 3 is 2.61 bits per heavy atom. The lowest BCUT2D eigenvalue weighted by Crippen LogP contribution is -2.28. The highest BCUT2D eigenvalue weighted by atomic mass is 16.6. The lowest BCUT2D eigenvalue weighted by atomic mass is 9.88. The van der Waals surface area contributed by atoms with Crippen molar-refractivity contribution < 1.29 is 14.3 Å². The van der Waals surface area contributed by atoms with Crippen molar-refractivity contribution in [3.63, 3.8) is 0 Å². The zero-order valence-corrected chi connectivity index (χ0v) is 11.7. The minimum absolute atomic E-state index is 0.141. The predicted octanol–water partition coefficient (Wildman–Crippen LogP) is 3.34. The summed E-state index contributed by atoms with van der Waals surface area (Å²) >= 11 is 0. The van der Waals surface area contributed by atoms with Gasteiger partial charge in [-0.15, -0.1) is 0 Å². The van der Waals surface area contributed by atoms with Gasteiger partial charge in [0, 0.05) is 12.5 Å². The number of carbonyl (C=O) groups is 2. The van der Waals surface area contributed by atoms with Crippen molar-refractivity contribution in [3.8, 4) is 0 Å².